The fourth-order valence-electron chi connectivity index (χ4n) is 3.15. The molecule has 0 bridgehead atoms. The topological polar surface area (TPSA) is 51.5 Å². The highest BCUT2D eigenvalue weighted by molar-refractivity contribution is 5.93. The van der Waals surface area contributed by atoms with E-state index in [4.69, 9.17) is 9.84 Å². The first-order valence-electron chi connectivity index (χ1n) is 7.39. The molecule has 0 spiro atoms. The highest BCUT2D eigenvalue weighted by atomic mass is 16.5. The van der Waals surface area contributed by atoms with Crippen LogP contribution in [-0.2, 0) is 0 Å². The summed E-state index contributed by atoms with van der Waals surface area (Å²) in [4.78, 5) is 4.52. The molecule has 5 nitrogen and oxygen atoms in total. The minimum Gasteiger partial charge on any atom is -0.497 e. The van der Waals surface area contributed by atoms with E-state index in [1.54, 1.807) is 7.11 Å². The summed E-state index contributed by atoms with van der Waals surface area (Å²) in [7, 11) is 1.68. The van der Waals surface area contributed by atoms with Gasteiger partial charge >= 0.3 is 0 Å². The molecule has 0 aliphatic carbocycles. The van der Waals surface area contributed by atoms with Crippen LogP contribution in [0.1, 0.15) is 24.5 Å². The Morgan fingerprint density at radius 3 is 3.10 bits per heavy atom. The highest BCUT2D eigenvalue weighted by Crippen LogP contribution is 2.28. The van der Waals surface area contributed by atoms with Gasteiger partial charge in [-0.1, -0.05) is 0 Å². The number of rotatable bonds is 2. The summed E-state index contributed by atoms with van der Waals surface area (Å²) in [5.74, 6) is 1.34. The first kappa shape index (κ1) is 12.6. The molecule has 1 atom stereocenters. The SMILES string of the molecule is COc1ccc2nn3c(C4CCCNC4)ccnc3c2c1. The van der Waals surface area contributed by atoms with Crippen molar-refractivity contribution in [3.05, 3.63) is 36.2 Å². The first-order valence-corrected chi connectivity index (χ1v) is 7.39. The van der Waals surface area contributed by atoms with Crippen LogP contribution in [0.25, 0.3) is 16.6 Å². The Hall–Kier alpha value is -2.14. The van der Waals surface area contributed by atoms with Crippen LogP contribution in [0.15, 0.2) is 30.5 Å². The van der Waals surface area contributed by atoms with E-state index in [0.717, 1.165) is 35.4 Å². The zero-order valence-corrected chi connectivity index (χ0v) is 12.0. The normalized spacial score (nSPS) is 19.2. The predicted molar refractivity (Wildman–Crippen MR) is 81.9 cm³/mol. The van der Waals surface area contributed by atoms with Crippen molar-refractivity contribution in [2.24, 2.45) is 0 Å². The predicted octanol–water partition coefficient (Wildman–Crippen LogP) is 2.36. The number of nitrogens with one attached hydrogen (secondary N) is 1. The van der Waals surface area contributed by atoms with Gasteiger partial charge in [0.1, 0.15) is 5.75 Å². The molecule has 21 heavy (non-hydrogen) atoms. The number of fused-ring (bicyclic) bond motifs is 3. The van der Waals surface area contributed by atoms with Gasteiger partial charge < -0.3 is 10.1 Å². The van der Waals surface area contributed by atoms with Gasteiger partial charge in [-0.3, -0.25) is 0 Å². The van der Waals surface area contributed by atoms with Crippen molar-refractivity contribution in [2.45, 2.75) is 18.8 Å². The summed E-state index contributed by atoms with van der Waals surface area (Å²) in [6.07, 6.45) is 4.30. The van der Waals surface area contributed by atoms with Crippen LogP contribution in [0.3, 0.4) is 0 Å². The molecule has 108 valence electrons. The molecule has 0 saturated carbocycles. The molecule has 1 fully saturated rings. The van der Waals surface area contributed by atoms with Crippen LogP contribution in [0.4, 0.5) is 0 Å². The number of hydrogen-bond acceptors (Lipinski definition) is 4. The molecule has 1 N–H and O–H groups in total. The third kappa shape index (κ3) is 2.05. The third-order valence-electron chi connectivity index (χ3n) is 4.25. The Labute approximate surface area is 122 Å². The lowest BCUT2D eigenvalue weighted by Crippen LogP contribution is -2.29. The van der Waals surface area contributed by atoms with E-state index in [1.165, 1.54) is 18.5 Å². The van der Waals surface area contributed by atoms with Crippen molar-refractivity contribution in [2.75, 3.05) is 20.2 Å². The summed E-state index contributed by atoms with van der Waals surface area (Å²) in [5, 5.41) is 9.25. The van der Waals surface area contributed by atoms with E-state index >= 15 is 0 Å². The lowest BCUT2D eigenvalue weighted by Gasteiger charge is -2.23. The maximum Gasteiger partial charge on any atom is 0.163 e. The van der Waals surface area contributed by atoms with Gasteiger partial charge in [-0.25, -0.2) is 9.50 Å². The average molecular weight is 282 g/mol. The quantitative estimate of drug-likeness (QED) is 0.784. The van der Waals surface area contributed by atoms with Crippen molar-refractivity contribution < 1.29 is 4.74 Å². The Morgan fingerprint density at radius 2 is 2.29 bits per heavy atom. The van der Waals surface area contributed by atoms with Crippen molar-refractivity contribution in [3.63, 3.8) is 0 Å². The molecule has 1 aliphatic heterocycles. The zero-order valence-electron chi connectivity index (χ0n) is 12.0. The molecule has 0 radical (unpaired) electrons. The molecule has 1 saturated heterocycles. The van der Waals surface area contributed by atoms with E-state index < -0.39 is 0 Å². The van der Waals surface area contributed by atoms with Crippen LogP contribution in [0.2, 0.25) is 0 Å². The maximum atomic E-state index is 5.31. The second kappa shape index (κ2) is 5.00. The van der Waals surface area contributed by atoms with E-state index in [1.807, 2.05) is 28.9 Å². The Bertz CT molecular complexity index is 789. The van der Waals surface area contributed by atoms with Crippen LogP contribution in [-0.4, -0.2) is 34.8 Å². The standard InChI is InChI=1S/C16H18N4O/c1-21-12-4-5-14-13(9-12)16-18-8-6-15(20(16)19-14)11-3-2-7-17-10-11/h4-6,8-9,11,17H,2-3,7,10H2,1H3. The Morgan fingerprint density at radius 1 is 1.33 bits per heavy atom. The largest absolute Gasteiger partial charge is 0.497 e. The first-order chi connectivity index (χ1) is 10.4. The number of benzene rings is 1. The third-order valence-corrected chi connectivity index (χ3v) is 4.25. The van der Waals surface area contributed by atoms with Crippen molar-refractivity contribution in [3.8, 4) is 5.75 Å². The molecular formula is C16H18N4O. The molecule has 0 amide bonds. The number of hydrogen-bond donors (Lipinski definition) is 1. The number of ether oxygens (including phenoxy) is 1. The maximum absolute atomic E-state index is 5.31. The van der Waals surface area contributed by atoms with Gasteiger partial charge in [0.25, 0.3) is 0 Å². The van der Waals surface area contributed by atoms with Crippen LogP contribution >= 0.6 is 0 Å². The number of nitrogens with zero attached hydrogens (tertiary/aromatic N) is 3. The van der Waals surface area contributed by atoms with E-state index in [2.05, 4.69) is 16.4 Å². The Kier molecular flexibility index (Phi) is 3.00. The summed E-state index contributed by atoms with van der Waals surface area (Å²) < 4.78 is 7.31. The van der Waals surface area contributed by atoms with Crippen molar-refractivity contribution in [1.29, 1.82) is 0 Å². The van der Waals surface area contributed by atoms with Gasteiger partial charge in [-0.2, -0.15) is 5.10 Å². The second-order valence-electron chi connectivity index (χ2n) is 5.53. The molecule has 2 aromatic heterocycles. The van der Waals surface area contributed by atoms with E-state index in [0.29, 0.717) is 5.92 Å². The molecule has 5 heteroatoms. The molecular weight excluding hydrogens is 264 g/mol. The van der Waals surface area contributed by atoms with Gasteiger partial charge in [0.05, 0.1) is 23.7 Å². The van der Waals surface area contributed by atoms with Crippen LogP contribution in [0, 0.1) is 0 Å². The van der Waals surface area contributed by atoms with Crippen molar-refractivity contribution in [1.82, 2.24) is 19.9 Å². The minimum atomic E-state index is 0.500. The van der Waals surface area contributed by atoms with E-state index in [-0.39, 0.29) is 0 Å². The van der Waals surface area contributed by atoms with Gasteiger partial charge in [0.15, 0.2) is 5.65 Å². The fourth-order valence-corrected chi connectivity index (χ4v) is 3.15. The fraction of sp³-hybridized carbons (Fsp3) is 0.375. The monoisotopic (exact) mass is 282 g/mol. The highest BCUT2D eigenvalue weighted by Gasteiger charge is 2.19. The Balaban J connectivity index is 1.92. The minimum absolute atomic E-state index is 0.500. The molecule has 1 aromatic carbocycles. The lowest BCUT2D eigenvalue weighted by molar-refractivity contribution is 0.415. The number of methoxy groups -OCH3 is 1. The summed E-state index contributed by atoms with van der Waals surface area (Å²) in [6, 6.07) is 8.03. The van der Waals surface area contributed by atoms with Crippen LogP contribution in [0.5, 0.6) is 5.75 Å². The van der Waals surface area contributed by atoms with Gasteiger partial charge in [-0.15, -0.1) is 0 Å². The molecule has 4 rings (SSSR count). The van der Waals surface area contributed by atoms with Gasteiger partial charge in [0.2, 0.25) is 0 Å². The molecule has 1 unspecified atom stereocenters. The molecule has 3 heterocycles. The number of aromatic nitrogens is 3. The smallest absolute Gasteiger partial charge is 0.163 e. The molecule has 3 aromatic rings. The summed E-state index contributed by atoms with van der Waals surface area (Å²) in [5.41, 5.74) is 3.11. The lowest BCUT2D eigenvalue weighted by atomic mass is 9.96. The van der Waals surface area contributed by atoms with Crippen molar-refractivity contribution >= 4 is 16.6 Å². The van der Waals surface area contributed by atoms with Gasteiger partial charge in [-0.05, 0) is 43.7 Å². The summed E-state index contributed by atoms with van der Waals surface area (Å²) >= 11 is 0. The zero-order chi connectivity index (χ0) is 14.2. The number of piperidine rings is 1. The molecule has 1 aliphatic rings. The van der Waals surface area contributed by atoms with Gasteiger partial charge in [0, 0.05) is 18.7 Å². The second-order valence-corrected chi connectivity index (χ2v) is 5.53. The average Bonchev–Trinajstić information content (AvgIpc) is 2.93. The summed E-state index contributed by atoms with van der Waals surface area (Å²) in [6.45, 7) is 2.13. The van der Waals surface area contributed by atoms with E-state index in [9.17, 15) is 0 Å². The van der Waals surface area contributed by atoms with Crippen LogP contribution < -0.4 is 10.1 Å².